The number of aromatic nitrogens is 2. The van der Waals surface area contributed by atoms with Gasteiger partial charge in [0.1, 0.15) is 0 Å². The van der Waals surface area contributed by atoms with Crippen molar-refractivity contribution in [3.8, 4) is 5.69 Å². The van der Waals surface area contributed by atoms with Crippen molar-refractivity contribution in [3.05, 3.63) is 83.1 Å². The molecule has 1 amide bonds. The Hall–Kier alpha value is -3.12. The van der Waals surface area contributed by atoms with Gasteiger partial charge >= 0.3 is 5.97 Å². The first-order chi connectivity index (χ1) is 13.9. The minimum absolute atomic E-state index is 0.0269. The molecule has 2 aromatic carbocycles. The molecule has 0 aliphatic rings. The van der Waals surface area contributed by atoms with Crippen LogP contribution < -0.4 is 5.32 Å². The Bertz CT molecular complexity index is 986. The van der Waals surface area contributed by atoms with Crippen LogP contribution in [0, 0.1) is 0 Å². The summed E-state index contributed by atoms with van der Waals surface area (Å²) in [7, 11) is 0. The standard InChI is InChI=1S/C22H22ClN3O3/c1-15(2)29-21(27)14-19(16-8-4-3-5-9-16)24-22(28)18-12-13-26(25-18)20-11-7-6-10-17(20)23/h3-13,15,19H,14H2,1-2H3,(H,24,28). The Kier molecular flexibility index (Phi) is 6.67. The molecule has 150 valence electrons. The van der Waals surface area contributed by atoms with Crippen molar-refractivity contribution >= 4 is 23.5 Å². The van der Waals surface area contributed by atoms with Crippen LogP contribution in [0.4, 0.5) is 0 Å². The van der Waals surface area contributed by atoms with Crippen molar-refractivity contribution < 1.29 is 14.3 Å². The molecular formula is C22H22ClN3O3. The third kappa shape index (κ3) is 5.45. The number of amides is 1. The second-order valence-corrected chi connectivity index (χ2v) is 7.18. The summed E-state index contributed by atoms with van der Waals surface area (Å²) in [6.45, 7) is 3.57. The average molecular weight is 412 g/mol. The second kappa shape index (κ2) is 9.39. The second-order valence-electron chi connectivity index (χ2n) is 6.78. The van der Waals surface area contributed by atoms with E-state index in [0.29, 0.717) is 10.7 Å². The molecule has 3 aromatic rings. The third-order valence-electron chi connectivity index (χ3n) is 4.17. The van der Waals surface area contributed by atoms with Gasteiger partial charge < -0.3 is 10.1 Å². The van der Waals surface area contributed by atoms with E-state index in [9.17, 15) is 9.59 Å². The lowest BCUT2D eigenvalue weighted by molar-refractivity contribution is -0.147. The highest BCUT2D eigenvalue weighted by Gasteiger charge is 2.22. The van der Waals surface area contributed by atoms with E-state index in [4.69, 9.17) is 16.3 Å². The van der Waals surface area contributed by atoms with Crippen molar-refractivity contribution in [3.63, 3.8) is 0 Å². The molecule has 7 heteroatoms. The van der Waals surface area contributed by atoms with Crippen LogP contribution in [0.15, 0.2) is 66.9 Å². The molecule has 0 radical (unpaired) electrons. The lowest BCUT2D eigenvalue weighted by Crippen LogP contribution is -2.31. The SMILES string of the molecule is CC(C)OC(=O)CC(NC(=O)c1ccn(-c2ccccc2Cl)n1)c1ccccc1. The fourth-order valence-electron chi connectivity index (χ4n) is 2.86. The first-order valence-corrected chi connectivity index (χ1v) is 9.67. The predicted octanol–water partition coefficient (Wildman–Crippen LogP) is 4.34. The minimum atomic E-state index is -0.527. The van der Waals surface area contributed by atoms with Gasteiger partial charge in [0.15, 0.2) is 5.69 Å². The van der Waals surface area contributed by atoms with Crippen LogP contribution in [-0.4, -0.2) is 27.8 Å². The number of benzene rings is 2. The summed E-state index contributed by atoms with van der Waals surface area (Å²) in [5, 5.41) is 7.73. The summed E-state index contributed by atoms with van der Waals surface area (Å²) < 4.78 is 6.78. The van der Waals surface area contributed by atoms with Crippen LogP contribution in [0.3, 0.4) is 0 Å². The van der Waals surface area contributed by atoms with Crippen LogP contribution in [0.25, 0.3) is 5.69 Å². The number of nitrogens with zero attached hydrogens (tertiary/aromatic N) is 2. The fraction of sp³-hybridized carbons (Fsp3) is 0.227. The van der Waals surface area contributed by atoms with Gasteiger partial charge in [0.25, 0.3) is 5.91 Å². The van der Waals surface area contributed by atoms with Gasteiger partial charge in [-0.3, -0.25) is 9.59 Å². The summed E-state index contributed by atoms with van der Waals surface area (Å²) >= 11 is 6.20. The molecule has 0 saturated heterocycles. The van der Waals surface area contributed by atoms with E-state index < -0.39 is 6.04 Å². The monoisotopic (exact) mass is 411 g/mol. The summed E-state index contributed by atoms with van der Waals surface area (Å²) in [5.74, 6) is -0.766. The van der Waals surface area contributed by atoms with E-state index in [2.05, 4.69) is 10.4 Å². The maximum atomic E-state index is 12.8. The minimum Gasteiger partial charge on any atom is -0.463 e. The number of hydrogen-bond acceptors (Lipinski definition) is 4. The van der Waals surface area contributed by atoms with Gasteiger partial charge in [-0.25, -0.2) is 4.68 Å². The van der Waals surface area contributed by atoms with Gasteiger partial charge in [0.2, 0.25) is 0 Å². The Morgan fingerprint density at radius 2 is 1.76 bits per heavy atom. The molecule has 0 saturated carbocycles. The Morgan fingerprint density at radius 3 is 2.45 bits per heavy atom. The van der Waals surface area contributed by atoms with Crippen molar-refractivity contribution in [1.82, 2.24) is 15.1 Å². The number of hydrogen-bond donors (Lipinski definition) is 1. The number of esters is 1. The third-order valence-corrected chi connectivity index (χ3v) is 4.49. The molecule has 6 nitrogen and oxygen atoms in total. The Labute approximate surface area is 174 Å². The first-order valence-electron chi connectivity index (χ1n) is 9.30. The van der Waals surface area contributed by atoms with Crippen molar-refractivity contribution in [1.29, 1.82) is 0 Å². The lowest BCUT2D eigenvalue weighted by Gasteiger charge is -2.19. The zero-order chi connectivity index (χ0) is 20.8. The van der Waals surface area contributed by atoms with Gasteiger partial charge in [-0.05, 0) is 37.6 Å². The number of halogens is 1. The maximum Gasteiger partial charge on any atom is 0.308 e. The normalized spacial score (nSPS) is 11.9. The molecule has 1 unspecified atom stereocenters. The number of carbonyl (C=O) groups excluding carboxylic acids is 2. The smallest absolute Gasteiger partial charge is 0.308 e. The predicted molar refractivity (Wildman–Crippen MR) is 111 cm³/mol. The quantitative estimate of drug-likeness (QED) is 0.587. The topological polar surface area (TPSA) is 73.2 Å². The highest BCUT2D eigenvalue weighted by atomic mass is 35.5. The molecule has 1 aromatic heterocycles. The summed E-state index contributed by atoms with van der Waals surface area (Å²) in [6.07, 6.45) is 1.47. The highest BCUT2D eigenvalue weighted by molar-refractivity contribution is 6.32. The van der Waals surface area contributed by atoms with Crippen LogP contribution in [0.5, 0.6) is 0 Å². The number of ether oxygens (including phenoxy) is 1. The molecule has 0 fully saturated rings. The summed E-state index contributed by atoms with van der Waals surface area (Å²) in [4.78, 5) is 25.0. The van der Waals surface area contributed by atoms with Gasteiger partial charge in [-0.2, -0.15) is 5.10 Å². The maximum absolute atomic E-state index is 12.8. The number of nitrogens with one attached hydrogen (secondary N) is 1. The van der Waals surface area contributed by atoms with E-state index in [1.54, 1.807) is 36.9 Å². The van der Waals surface area contributed by atoms with Gasteiger partial charge in [-0.15, -0.1) is 0 Å². The van der Waals surface area contributed by atoms with E-state index in [-0.39, 0.29) is 30.1 Å². The van der Waals surface area contributed by atoms with Crippen LogP contribution in [0.2, 0.25) is 5.02 Å². The average Bonchev–Trinajstić information content (AvgIpc) is 3.18. The molecule has 0 aliphatic carbocycles. The summed E-state index contributed by atoms with van der Waals surface area (Å²) in [5.41, 5.74) is 1.71. The van der Waals surface area contributed by atoms with E-state index in [1.165, 1.54) is 0 Å². The van der Waals surface area contributed by atoms with Crippen molar-refractivity contribution in [2.45, 2.75) is 32.4 Å². The zero-order valence-electron chi connectivity index (χ0n) is 16.2. The molecule has 1 heterocycles. The Balaban J connectivity index is 1.78. The van der Waals surface area contributed by atoms with Gasteiger partial charge in [0, 0.05) is 6.20 Å². The van der Waals surface area contributed by atoms with Crippen LogP contribution in [-0.2, 0) is 9.53 Å². The fourth-order valence-corrected chi connectivity index (χ4v) is 3.09. The zero-order valence-corrected chi connectivity index (χ0v) is 17.0. The summed E-state index contributed by atoms with van der Waals surface area (Å²) in [6, 6.07) is 17.6. The first kappa shape index (κ1) is 20.6. The van der Waals surface area contributed by atoms with Crippen LogP contribution in [0.1, 0.15) is 42.4 Å². The molecule has 3 rings (SSSR count). The van der Waals surface area contributed by atoms with Crippen molar-refractivity contribution in [2.24, 2.45) is 0 Å². The molecule has 29 heavy (non-hydrogen) atoms. The number of rotatable bonds is 7. The molecule has 0 aliphatic heterocycles. The molecule has 0 spiro atoms. The Morgan fingerprint density at radius 1 is 1.07 bits per heavy atom. The number of para-hydroxylation sites is 1. The van der Waals surface area contributed by atoms with E-state index in [0.717, 1.165) is 5.56 Å². The van der Waals surface area contributed by atoms with Crippen molar-refractivity contribution in [2.75, 3.05) is 0 Å². The van der Waals surface area contributed by atoms with Crippen LogP contribution >= 0.6 is 11.6 Å². The van der Waals surface area contributed by atoms with Gasteiger partial charge in [-0.1, -0.05) is 54.1 Å². The molecule has 0 bridgehead atoms. The largest absolute Gasteiger partial charge is 0.463 e. The van der Waals surface area contributed by atoms with Gasteiger partial charge in [0.05, 0.1) is 29.3 Å². The highest BCUT2D eigenvalue weighted by Crippen LogP contribution is 2.21. The van der Waals surface area contributed by atoms with E-state index >= 15 is 0 Å². The molecule has 1 atom stereocenters. The number of carbonyl (C=O) groups is 2. The molecule has 1 N–H and O–H groups in total. The molecular weight excluding hydrogens is 390 g/mol. The lowest BCUT2D eigenvalue weighted by atomic mass is 10.0. The van der Waals surface area contributed by atoms with E-state index in [1.807, 2.05) is 48.5 Å².